The molecule has 4 nitrogen and oxygen atoms in total. The van der Waals surface area contributed by atoms with Gasteiger partial charge in [-0.15, -0.1) is 11.3 Å². The van der Waals surface area contributed by atoms with Crippen LogP contribution in [0.3, 0.4) is 0 Å². The number of nitrogens with one attached hydrogen (secondary N) is 1. The third-order valence-electron chi connectivity index (χ3n) is 2.83. The molecule has 0 aliphatic heterocycles. The van der Waals surface area contributed by atoms with E-state index in [4.69, 9.17) is 16.3 Å². The first-order valence-corrected chi connectivity index (χ1v) is 7.52. The number of fused-ring (bicyclic) bond motifs is 1. The number of hydrogen-bond acceptors (Lipinski definition) is 5. The van der Waals surface area contributed by atoms with Crippen LogP contribution in [0.15, 0.2) is 6.07 Å². The van der Waals surface area contributed by atoms with Crippen molar-refractivity contribution in [3.05, 3.63) is 16.2 Å². The van der Waals surface area contributed by atoms with Gasteiger partial charge in [-0.1, -0.05) is 13.3 Å². The molecule has 0 saturated heterocycles. The number of halogens is 1. The molecule has 2 aromatic rings. The minimum Gasteiger partial charge on any atom is -0.383 e. The molecule has 104 valence electrons. The molecule has 0 amide bonds. The van der Waals surface area contributed by atoms with Gasteiger partial charge in [-0.3, -0.25) is 0 Å². The average Bonchev–Trinajstić information content (AvgIpc) is 2.70. The number of methoxy groups -OCH3 is 1. The second-order valence-electron chi connectivity index (χ2n) is 4.50. The molecule has 0 bridgehead atoms. The second-order valence-corrected chi connectivity index (χ2v) is 6.08. The van der Waals surface area contributed by atoms with Gasteiger partial charge in [0.1, 0.15) is 10.6 Å². The Hall–Kier alpha value is -0.910. The van der Waals surface area contributed by atoms with E-state index in [9.17, 15) is 0 Å². The number of thiophene rings is 1. The monoisotopic (exact) mass is 299 g/mol. The van der Waals surface area contributed by atoms with E-state index >= 15 is 0 Å². The van der Waals surface area contributed by atoms with Crippen LogP contribution in [-0.2, 0) is 4.74 Å². The van der Waals surface area contributed by atoms with Crippen molar-refractivity contribution < 1.29 is 4.74 Å². The number of hydrogen-bond donors (Lipinski definition) is 1. The number of nitrogens with zero attached hydrogens (tertiary/aromatic N) is 2. The van der Waals surface area contributed by atoms with Crippen molar-refractivity contribution in [2.45, 2.75) is 32.7 Å². The fourth-order valence-corrected chi connectivity index (χ4v) is 3.16. The Morgan fingerprint density at radius 3 is 2.95 bits per heavy atom. The van der Waals surface area contributed by atoms with Crippen LogP contribution in [0.5, 0.6) is 0 Å². The van der Waals surface area contributed by atoms with Crippen molar-refractivity contribution in [2.24, 2.45) is 0 Å². The first kappa shape index (κ1) is 14.5. The SMILES string of the molecule is CCCC(COC)Nc1nc(Cl)nc2sc(C)cc12. The molecule has 19 heavy (non-hydrogen) atoms. The first-order valence-electron chi connectivity index (χ1n) is 6.33. The van der Waals surface area contributed by atoms with Gasteiger partial charge in [0.15, 0.2) is 0 Å². The van der Waals surface area contributed by atoms with Crippen LogP contribution in [0.25, 0.3) is 10.2 Å². The van der Waals surface area contributed by atoms with Crippen LogP contribution in [0.4, 0.5) is 5.82 Å². The molecule has 0 aromatic carbocycles. The summed E-state index contributed by atoms with van der Waals surface area (Å²) in [5.41, 5.74) is 0. The maximum atomic E-state index is 5.98. The second kappa shape index (κ2) is 6.50. The van der Waals surface area contributed by atoms with Crippen molar-refractivity contribution in [1.29, 1.82) is 0 Å². The molecular formula is C13H18ClN3OS. The number of aryl methyl sites for hydroxylation is 1. The predicted molar refractivity (Wildman–Crippen MR) is 81.4 cm³/mol. The number of ether oxygens (including phenoxy) is 1. The zero-order valence-corrected chi connectivity index (χ0v) is 12.9. The summed E-state index contributed by atoms with van der Waals surface area (Å²) in [6.07, 6.45) is 2.12. The maximum absolute atomic E-state index is 5.98. The highest BCUT2D eigenvalue weighted by Gasteiger charge is 2.14. The van der Waals surface area contributed by atoms with Gasteiger partial charge in [0.25, 0.3) is 0 Å². The first-order chi connectivity index (χ1) is 9.13. The van der Waals surface area contributed by atoms with E-state index in [2.05, 4.69) is 35.2 Å². The lowest BCUT2D eigenvalue weighted by Crippen LogP contribution is -2.25. The normalized spacial score (nSPS) is 12.8. The summed E-state index contributed by atoms with van der Waals surface area (Å²) in [6.45, 7) is 4.87. The maximum Gasteiger partial charge on any atom is 0.225 e. The largest absolute Gasteiger partial charge is 0.383 e. The van der Waals surface area contributed by atoms with Gasteiger partial charge in [-0.25, -0.2) is 9.97 Å². The molecular weight excluding hydrogens is 282 g/mol. The highest BCUT2D eigenvalue weighted by atomic mass is 35.5. The van der Waals surface area contributed by atoms with Crippen molar-refractivity contribution in [3.63, 3.8) is 0 Å². The van der Waals surface area contributed by atoms with Crippen LogP contribution in [-0.4, -0.2) is 29.7 Å². The van der Waals surface area contributed by atoms with Crippen molar-refractivity contribution in [1.82, 2.24) is 9.97 Å². The summed E-state index contributed by atoms with van der Waals surface area (Å²) in [5, 5.41) is 4.74. The minimum absolute atomic E-state index is 0.240. The molecule has 0 aliphatic rings. The highest BCUT2D eigenvalue weighted by molar-refractivity contribution is 7.18. The van der Waals surface area contributed by atoms with E-state index in [-0.39, 0.29) is 11.3 Å². The topological polar surface area (TPSA) is 47.0 Å². The third-order valence-corrected chi connectivity index (χ3v) is 3.95. The molecule has 1 N–H and O–H groups in total. The van der Waals surface area contributed by atoms with Gasteiger partial charge in [-0.2, -0.15) is 0 Å². The summed E-state index contributed by atoms with van der Waals surface area (Å²) < 4.78 is 5.24. The average molecular weight is 300 g/mol. The summed E-state index contributed by atoms with van der Waals surface area (Å²) in [7, 11) is 1.71. The predicted octanol–water partition coefficient (Wildman–Crippen LogP) is 3.88. The molecule has 2 rings (SSSR count). The number of anilines is 1. The van der Waals surface area contributed by atoms with Gasteiger partial charge in [-0.05, 0) is 31.0 Å². The molecule has 1 atom stereocenters. The lowest BCUT2D eigenvalue weighted by molar-refractivity contribution is 0.182. The highest BCUT2D eigenvalue weighted by Crippen LogP contribution is 2.30. The molecule has 1 unspecified atom stereocenters. The van der Waals surface area contributed by atoms with Gasteiger partial charge in [0.2, 0.25) is 5.28 Å². The van der Waals surface area contributed by atoms with E-state index in [1.54, 1.807) is 18.4 Å². The van der Waals surface area contributed by atoms with E-state index in [0.29, 0.717) is 6.61 Å². The van der Waals surface area contributed by atoms with Crippen molar-refractivity contribution in [3.8, 4) is 0 Å². The molecule has 0 saturated carbocycles. The molecule has 0 fully saturated rings. The fourth-order valence-electron chi connectivity index (χ4n) is 2.07. The fraction of sp³-hybridized carbons (Fsp3) is 0.538. The minimum atomic E-state index is 0.240. The Bertz CT molecular complexity index is 552. The zero-order chi connectivity index (χ0) is 13.8. The van der Waals surface area contributed by atoms with Crippen LogP contribution in [0, 0.1) is 6.92 Å². The number of rotatable bonds is 6. The molecule has 2 heterocycles. The summed E-state index contributed by atoms with van der Waals surface area (Å²) in [4.78, 5) is 10.7. The molecule has 0 spiro atoms. The zero-order valence-electron chi connectivity index (χ0n) is 11.4. The smallest absolute Gasteiger partial charge is 0.225 e. The summed E-state index contributed by atoms with van der Waals surface area (Å²) in [5.74, 6) is 0.801. The van der Waals surface area contributed by atoms with Gasteiger partial charge in [0, 0.05) is 12.0 Å². The Morgan fingerprint density at radius 1 is 1.47 bits per heavy atom. The quantitative estimate of drug-likeness (QED) is 0.822. The van der Waals surface area contributed by atoms with Crippen molar-refractivity contribution >= 4 is 39.0 Å². The Morgan fingerprint density at radius 2 is 2.26 bits per heavy atom. The third kappa shape index (κ3) is 3.55. The van der Waals surface area contributed by atoms with Crippen LogP contribution in [0.1, 0.15) is 24.6 Å². The van der Waals surface area contributed by atoms with Crippen molar-refractivity contribution in [2.75, 3.05) is 19.0 Å². The van der Waals surface area contributed by atoms with Crippen LogP contribution < -0.4 is 5.32 Å². The Kier molecular flexibility index (Phi) is 4.96. The molecule has 0 radical (unpaired) electrons. The Labute approximate surface area is 122 Å². The van der Waals surface area contributed by atoms with E-state index in [1.807, 2.05) is 0 Å². The lowest BCUT2D eigenvalue weighted by Gasteiger charge is -2.18. The van der Waals surface area contributed by atoms with E-state index < -0.39 is 0 Å². The molecule has 2 aromatic heterocycles. The standard InChI is InChI=1S/C13H18ClN3OS/c1-4-5-9(7-18-3)15-11-10-6-8(2)19-12(10)17-13(14)16-11/h6,9H,4-5,7H2,1-3H3,(H,15,16,17). The van der Waals surface area contributed by atoms with Gasteiger partial charge >= 0.3 is 0 Å². The molecule has 0 aliphatic carbocycles. The summed E-state index contributed by atoms with van der Waals surface area (Å²) in [6, 6.07) is 2.33. The Balaban J connectivity index is 2.32. The van der Waals surface area contributed by atoms with E-state index in [0.717, 1.165) is 28.9 Å². The van der Waals surface area contributed by atoms with Crippen LogP contribution >= 0.6 is 22.9 Å². The van der Waals surface area contributed by atoms with Crippen LogP contribution in [0.2, 0.25) is 5.28 Å². The van der Waals surface area contributed by atoms with Gasteiger partial charge < -0.3 is 10.1 Å². The molecule has 6 heteroatoms. The van der Waals surface area contributed by atoms with Gasteiger partial charge in [0.05, 0.1) is 18.0 Å². The summed E-state index contributed by atoms with van der Waals surface area (Å²) >= 11 is 7.61. The lowest BCUT2D eigenvalue weighted by atomic mass is 10.2. The van der Waals surface area contributed by atoms with E-state index in [1.165, 1.54) is 4.88 Å². The number of aromatic nitrogens is 2.